The van der Waals surface area contributed by atoms with Gasteiger partial charge in [0.1, 0.15) is 22.3 Å². The van der Waals surface area contributed by atoms with Crippen LogP contribution in [0.3, 0.4) is 0 Å². The summed E-state index contributed by atoms with van der Waals surface area (Å²) < 4.78 is 5.64. The molecule has 2 aromatic carbocycles. The minimum absolute atomic E-state index is 0.00107. The third kappa shape index (κ3) is 2.71. The third-order valence-corrected chi connectivity index (χ3v) is 3.32. The molecule has 0 unspecified atom stereocenters. The molecule has 0 saturated carbocycles. The van der Waals surface area contributed by atoms with Gasteiger partial charge in [-0.1, -0.05) is 36.2 Å². The Bertz CT molecular complexity index is 568. The summed E-state index contributed by atoms with van der Waals surface area (Å²) in [7, 11) is 0. The van der Waals surface area contributed by atoms with Crippen molar-refractivity contribution in [2.75, 3.05) is 0 Å². The second-order valence-electron chi connectivity index (χ2n) is 3.80. The van der Waals surface area contributed by atoms with E-state index in [1.807, 2.05) is 13.0 Å². The molecule has 0 aliphatic heterocycles. The molecule has 2 aromatic rings. The first-order valence-electron chi connectivity index (χ1n) is 5.55. The second-order valence-corrected chi connectivity index (χ2v) is 4.58. The maximum Gasteiger partial charge on any atom is 0.149 e. The van der Waals surface area contributed by atoms with Crippen LogP contribution in [-0.4, -0.2) is 5.11 Å². The lowest BCUT2D eigenvalue weighted by Gasteiger charge is -2.10. The van der Waals surface area contributed by atoms with Gasteiger partial charge in [-0.3, -0.25) is 0 Å². The van der Waals surface area contributed by atoms with E-state index in [-0.39, 0.29) is 10.8 Å². The van der Waals surface area contributed by atoms with Crippen molar-refractivity contribution in [1.29, 1.82) is 0 Å². The molecule has 1 N–H and O–H groups in total. The number of phenolic OH excluding ortho intramolecular Hbond substituents is 1. The highest BCUT2D eigenvalue weighted by atomic mass is 35.5. The van der Waals surface area contributed by atoms with Gasteiger partial charge in [0.15, 0.2) is 0 Å². The highest BCUT2D eigenvalue weighted by Crippen LogP contribution is 2.36. The number of halogens is 2. The van der Waals surface area contributed by atoms with Crippen molar-refractivity contribution in [2.24, 2.45) is 0 Å². The van der Waals surface area contributed by atoms with Crippen LogP contribution >= 0.6 is 23.2 Å². The molecular weight excluding hydrogens is 271 g/mol. The Morgan fingerprint density at radius 1 is 1.17 bits per heavy atom. The Hall–Kier alpha value is -1.38. The summed E-state index contributed by atoms with van der Waals surface area (Å²) in [6, 6.07) is 10.3. The van der Waals surface area contributed by atoms with Gasteiger partial charge in [0.25, 0.3) is 0 Å². The Balaban J connectivity index is 2.31. The lowest BCUT2D eigenvalue weighted by molar-refractivity contribution is 0.455. The Morgan fingerprint density at radius 2 is 1.94 bits per heavy atom. The zero-order valence-electron chi connectivity index (χ0n) is 9.78. The van der Waals surface area contributed by atoms with Gasteiger partial charge in [-0.25, -0.2) is 0 Å². The van der Waals surface area contributed by atoms with Crippen LogP contribution in [0.5, 0.6) is 17.2 Å². The van der Waals surface area contributed by atoms with Gasteiger partial charge < -0.3 is 9.84 Å². The van der Waals surface area contributed by atoms with Gasteiger partial charge in [-0.15, -0.1) is 0 Å². The average Bonchev–Trinajstić information content (AvgIpc) is 2.37. The molecule has 0 heterocycles. The van der Waals surface area contributed by atoms with Gasteiger partial charge in [0.05, 0.1) is 0 Å². The summed E-state index contributed by atoms with van der Waals surface area (Å²) in [6.45, 7) is 2.02. The standard InChI is InChI=1S/C14H12Cl2O2/c1-2-9-8-10(6-7-11(9)15)18-13-5-3-4-12(17)14(13)16/h3-8,17H,2H2,1H3. The smallest absolute Gasteiger partial charge is 0.149 e. The van der Waals surface area contributed by atoms with Gasteiger partial charge in [-0.05, 0) is 42.3 Å². The zero-order valence-corrected chi connectivity index (χ0v) is 11.3. The van der Waals surface area contributed by atoms with E-state index >= 15 is 0 Å². The van der Waals surface area contributed by atoms with E-state index in [4.69, 9.17) is 27.9 Å². The minimum Gasteiger partial charge on any atom is -0.506 e. The molecule has 94 valence electrons. The molecule has 2 nitrogen and oxygen atoms in total. The fourth-order valence-electron chi connectivity index (χ4n) is 1.59. The van der Waals surface area contributed by atoms with Crippen molar-refractivity contribution in [3.63, 3.8) is 0 Å². The number of aryl methyl sites for hydroxylation is 1. The first kappa shape index (κ1) is 13.1. The van der Waals surface area contributed by atoms with Crippen molar-refractivity contribution in [3.05, 3.63) is 52.0 Å². The van der Waals surface area contributed by atoms with Crippen LogP contribution in [0.15, 0.2) is 36.4 Å². The highest BCUT2D eigenvalue weighted by molar-refractivity contribution is 6.33. The Labute approximate surface area is 116 Å². The van der Waals surface area contributed by atoms with E-state index < -0.39 is 0 Å². The summed E-state index contributed by atoms with van der Waals surface area (Å²) in [6.07, 6.45) is 0.823. The van der Waals surface area contributed by atoms with Crippen LogP contribution in [0.2, 0.25) is 10.0 Å². The van der Waals surface area contributed by atoms with Crippen LogP contribution in [0.4, 0.5) is 0 Å². The van der Waals surface area contributed by atoms with E-state index in [1.165, 1.54) is 6.07 Å². The van der Waals surface area contributed by atoms with Gasteiger partial charge >= 0.3 is 0 Å². The molecule has 0 saturated heterocycles. The van der Waals surface area contributed by atoms with Gasteiger partial charge in [0, 0.05) is 5.02 Å². The van der Waals surface area contributed by atoms with Crippen molar-refractivity contribution >= 4 is 23.2 Å². The molecule has 0 radical (unpaired) electrons. The molecule has 0 aromatic heterocycles. The van der Waals surface area contributed by atoms with Crippen LogP contribution in [-0.2, 0) is 6.42 Å². The fraction of sp³-hybridized carbons (Fsp3) is 0.143. The van der Waals surface area contributed by atoms with Gasteiger partial charge in [0.2, 0.25) is 0 Å². The van der Waals surface area contributed by atoms with E-state index in [9.17, 15) is 5.11 Å². The van der Waals surface area contributed by atoms with Crippen LogP contribution in [0.25, 0.3) is 0 Å². The second kappa shape index (κ2) is 5.51. The van der Waals surface area contributed by atoms with Gasteiger partial charge in [-0.2, -0.15) is 0 Å². The molecule has 0 fully saturated rings. The largest absolute Gasteiger partial charge is 0.506 e. The fourth-order valence-corrected chi connectivity index (χ4v) is 2.01. The summed E-state index contributed by atoms with van der Waals surface area (Å²) in [5, 5.41) is 10.4. The summed E-state index contributed by atoms with van der Waals surface area (Å²) in [5.74, 6) is 1.06. The van der Waals surface area contributed by atoms with Crippen molar-refractivity contribution in [1.82, 2.24) is 0 Å². The predicted molar refractivity (Wildman–Crippen MR) is 74.0 cm³/mol. The lowest BCUT2D eigenvalue weighted by Crippen LogP contribution is -1.88. The molecule has 0 bridgehead atoms. The number of phenols is 1. The summed E-state index contributed by atoms with van der Waals surface area (Å²) in [5.41, 5.74) is 1.01. The first-order valence-corrected chi connectivity index (χ1v) is 6.31. The normalized spacial score (nSPS) is 10.4. The Kier molecular flexibility index (Phi) is 4.00. The predicted octanol–water partition coefficient (Wildman–Crippen LogP) is 5.05. The lowest BCUT2D eigenvalue weighted by atomic mass is 10.1. The molecule has 2 rings (SSSR count). The number of hydrogen-bond acceptors (Lipinski definition) is 2. The molecule has 0 amide bonds. The first-order chi connectivity index (χ1) is 8.61. The number of rotatable bonds is 3. The van der Waals surface area contributed by atoms with Crippen molar-refractivity contribution in [3.8, 4) is 17.2 Å². The van der Waals surface area contributed by atoms with Crippen LogP contribution < -0.4 is 4.74 Å². The molecule has 0 atom stereocenters. The molecular formula is C14H12Cl2O2. The SMILES string of the molecule is CCc1cc(Oc2cccc(O)c2Cl)ccc1Cl. The average molecular weight is 283 g/mol. The minimum atomic E-state index is -0.00107. The van der Waals surface area contributed by atoms with Crippen molar-refractivity contribution in [2.45, 2.75) is 13.3 Å². The monoisotopic (exact) mass is 282 g/mol. The van der Waals surface area contributed by atoms with E-state index in [2.05, 4.69) is 0 Å². The number of benzene rings is 2. The molecule has 4 heteroatoms. The molecule has 0 aliphatic carbocycles. The molecule has 18 heavy (non-hydrogen) atoms. The maximum atomic E-state index is 9.49. The van der Waals surface area contributed by atoms with E-state index in [0.29, 0.717) is 16.5 Å². The highest BCUT2D eigenvalue weighted by Gasteiger charge is 2.08. The number of hydrogen-bond donors (Lipinski definition) is 1. The topological polar surface area (TPSA) is 29.5 Å². The van der Waals surface area contributed by atoms with E-state index in [0.717, 1.165) is 12.0 Å². The Morgan fingerprint density at radius 3 is 2.67 bits per heavy atom. The summed E-state index contributed by atoms with van der Waals surface area (Å²) in [4.78, 5) is 0. The number of ether oxygens (including phenoxy) is 1. The molecule has 0 spiro atoms. The number of aromatic hydroxyl groups is 1. The zero-order chi connectivity index (χ0) is 13.1. The third-order valence-electron chi connectivity index (χ3n) is 2.57. The van der Waals surface area contributed by atoms with Crippen molar-refractivity contribution < 1.29 is 9.84 Å². The quantitative estimate of drug-likeness (QED) is 0.853. The van der Waals surface area contributed by atoms with E-state index in [1.54, 1.807) is 24.3 Å². The summed E-state index contributed by atoms with van der Waals surface area (Å²) >= 11 is 12.0. The maximum absolute atomic E-state index is 9.49. The molecule has 0 aliphatic rings. The van der Waals surface area contributed by atoms with Crippen LogP contribution in [0, 0.1) is 0 Å². The van der Waals surface area contributed by atoms with Crippen LogP contribution in [0.1, 0.15) is 12.5 Å².